The Morgan fingerprint density at radius 2 is 2.12 bits per heavy atom. The highest BCUT2D eigenvalue weighted by Crippen LogP contribution is 2.16. The lowest BCUT2D eigenvalue weighted by atomic mass is 10.1. The quantitative estimate of drug-likeness (QED) is 0.817. The Morgan fingerprint density at radius 3 is 2.82 bits per heavy atom. The van der Waals surface area contributed by atoms with Crippen LogP contribution in [0.3, 0.4) is 0 Å². The second-order valence-corrected chi connectivity index (χ2v) is 5.40. The molecule has 1 aromatic carbocycles. The molecule has 3 N–H and O–H groups in total. The van der Waals surface area contributed by atoms with Crippen LogP contribution < -0.4 is 11.1 Å². The van der Waals surface area contributed by atoms with Crippen LogP contribution in [0.2, 0.25) is 0 Å². The molecular weight excluding hydrogens is 230 g/mol. The normalized spacial score (nSPS) is 10.7. The van der Waals surface area contributed by atoms with E-state index in [0.29, 0.717) is 0 Å². The molecule has 0 aliphatic carbocycles. The molecule has 1 aromatic heterocycles. The fraction of sp³-hybridized carbons (Fsp3) is 0.308. The van der Waals surface area contributed by atoms with Crippen LogP contribution in [0.15, 0.2) is 24.4 Å². The van der Waals surface area contributed by atoms with Crippen molar-refractivity contribution in [1.82, 2.24) is 10.3 Å². The molecule has 0 unspecified atom stereocenters. The summed E-state index contributed by atoms with van der Waals surface area (Å²) >= 11 is 1.73. The van der Waals surface area contributed by atoms with Gasteiger partial charge in [-0.3, -0.25) is 0 Å². The Balaban J connectivity index is 1.92. The molecule has 3 nitrogen and oxygen atoms in total. The van der Waals surface area contributed by atoms with E-state index in [2.05, 4.69) is 23.3 Å². The summed E-state index contributed by atoms with van der Waals surface area (Å²) in [5.41, 5.74) is 9.15. The van der Waals surface area contributed by atoms with Gasteiger partial charge in [0.15, 0.2) is 0 Å². The van der Waals surface area contributed by atoms with Crippen molar-refractivity contribution in [3.8, 4) is 0 Å². The minimum Gasteiger partial charge on any atom is -0.399 e. The zero-order chi connectivity index (χ0) is 12.3. The third-order valence-electron chi connectivity index (χ3n) is 2.77. The lowest BCUT2D eigenvalue weighted by molar-refractivity contribution is 0.697. The summed E-state index contributed by atoms with van der Waals surface area (Å²) in [4.78, 5) is 5.50. The van der Waals surface area contributed by atoms with Gasteiger partial charge < -0.3 is 11.1 Å². The highest BCUT2D eigenvalue weighted by atomic mass is 32.1. The average Bonchev–Trinajstić information content (AvgIpc) is 2.70. The van der Waals surface area contributed by atoms with E-state index in [1.807, 2.05) is 25.3 Å². The summed E-state index contributed by atoms with van der Waals surface area (Å²) in [7, 11) is 0. The Labute approximate surface area is 106 Å². The largest absolute Gasteiger partial charge is 0.399 e. The minimum atomic E-state index is 0.841. The van der Waals surface area contributed by atoms with Crippen LogP contribution in [0.1, 0.15) is 21.0 Å². The zero-order valence-electron chi connectivity index (χ0n) is 10.2. The van der Waals surface area contributed by atoms with E-state index in [-0.39, 0.29) is 0 Å². The van der Waals surface area contributed by atoms with Gasteiger partial charge in [0.2, 0.25) is 0 Å². The number of nitrogens with one attached hydrogen (secondary N) is 1. The van der Waals surface area contributed by atoms with Crippen molar-refractivity contribution in [2.75, 3.05) is 5.73 Å². The second kappa shape index (κ2) is 5.29. The van der Waals surface area contributed by atoms with Crippen LogP contribution >= 0.6 is 11.3 Å². The number of nitrogen functional groups attached to an aromatic ring is 1. The molecule has 90 valence electrons. The maximum absolute atomic E-state index is 5.87. The van der Waals surface area contributed by atoms with Crippen molar-refractivity contribution in [2.24, 2.45) is 0 Å². The number of thiazole rings is 1. The molecule has 0 saturated heterocycles. The van der Waals surface area contributed by atoms with Crippen molar-refractivity contribution in [3.05, 3.63) is 45.4 Å². The van der Waals surface area contributed by atoms with E-state index in [1.165, 1.54) is 16.0 Å². The molecule has 17 heavy (non-hydrogen) atoms. The maximum atomic E-state index is 5.87. The summed E-state index contributed by atoms with van der Waals surface area (Å²) in [5.74, 6) is 0. The fourth-order valence-electron chi connectivity index (χ4n) is 1.70. The Bertz CT molecular complexity index is 505. The number of nitrogens with two attached hydrogens (primary N) is 1. The molecule has 0 aliphatic rings. The Morgan fingerprint density at radius 1 is 1.29 bits per heavy atom. The van der Waals surface area contributed by atoms with Gasteiger partial charge in [0.25, 0.3) is 0 Å². The molecule has 0 bridgehead atoms. The first-order valence-electron chi connectivity index (χ1n) is 5.63. The van der Waals surface area contributed by atoms with E-state index in [0.717, 1.165) is 23.8 Å². The Hall–Kier alpha value is -1.39. The van der Waals surface area contributed by atoms with Gasteiger partial charge >= 0.3 is 0 Å². The summed E-state index contributed by atoms with van der Waals surface area (Å²) in [6.45, 7) is 5.78. The van der Waals surface area contributed by atoms with Gasteiger partial charge in [-0.25, -0.2) is 4.98 Å². The zero-order valence-corrected chi connectivity index (χ0v) is 11.0. The van der Waals surface area contributed by atoms with Crippen molar-refractivity contribution in [2.45, 2.75) is 26.9 Å². The van der Waals surface area contributed by atoms with Crippen LogP contribution in [0.25, 0.3) is 0 Å². The first-order chi connectivity index (χ1) is 8.16. The Kier molecular flexibility index (Phi) is 3.76. The van der Waals surface area contributed by atoms with Crippen LogP contribution in [0.4, 0.5) is 5.69 Å². The van der Waals surface area contributed by atoms with Gasteiger partial charge in [-0.05, 0) is 31.0 Å². The highest BCUT2D eigenvalue weighted by molar-refractivity contribution is 7.11. The maximum Gasteiger partial charge on any atom is 0.0897 e. The van der Waals surface area contributed by atoms with Gasteiger partial charge in [0.05, 0.1) is 5.01 Å². The molecule has 0 amide bonds. The van der Waals surface area contributed by atoms with Crippen LogP contribution in [0, 0.1) is 13.8 Å². The van der Waals surface area contributed by atoms with E-state index in [4.69, 9.17) is 5.73 Å². The summed E-state index contributed by atoms with van der Waals surface area (Å²) in [6, 6.07) is 6.04. The molecule has 2 aromatic rings. The molecule has 0 spiro atoms. The van der Waals surface area contributed by atoms with Crippen molar-refractivity contribution in [1.29, 1.82) is 0 Å². The van der Waals surface area contributed by atoms with E-state index >= 15 is 0 Å². The van der Waals surface area contributed by atoms with Gasteiger partial charge in [-0.15, -0.1) is 11.3 Å². The third-order valence-corrected chi connectivity index (χ3v) is 3.68. The van der Waals surface area contributed by atoms with Crippen LogP contribution in [0.5, 0.6) is 0 Å². The van der Waals surface area contributed by atoms with Crippen LogP contribution in [-0.2, 0) is 13.1 Å². The predicted molar refractivity (Wildman–Crippen MR) is 73.0 cm³/mol. The van der Waals surface area contributed by atoms with E-state index in [9.17, 15) is 0 Å². The molecule has 0 atom stereocenters. The molecule has 4 heteroatoms. The lowest BCUT2D eigenvalue weighted by Crippen LogP contribution is -2.13. The summed E-state index contributed by atoms with van der Waals surface area (Å²) < 4.78 is 0. The highest BCUT2D eigenvalue weighted by Gasteiger charge is 2.02. The first kappa shape index (κ1) is 12.1. The summed E-state index contributed by atoms with van der Waals surface area (Å²) in [5, 5.41) is 4.53. The number of rotatable bonds is 4. The number of hydrogen-bond donors (Lipinski definition) is 2. The van der Waals surface area contributed by atoms with Crippen molar-refractivity contribution < 1.29 is 0 Å². The lowest BCUT2D eigenvalue weighted by Gasteiger charge is -2.08. The van der Waals surface area contributed by atoms with E-state index < -0.39 is 0 Å². The fourth-order valence-corrected chi connectivity index (χ4v) is 2.47. The number of anilines is 1. The number of hydrogen-bond acceptors (Lipinski definition) is 4. The van der Waals surface area contributed by atoms with E-state index in [1.54, 1.807) is 11.3 Å². The molecule has 1 heterocycles. The third kappa shape index (κ3) is 3.05. The minimum absolute atomic E-state index is 0.841. The first-order valence-corrected chi connectivity index (χ1v) is 6.44. The molecular formula is C13H17N3S. The molecule has 2 rings (SSSR count). The van der Waals surface area contributed by atoms with Gasteiger partial charge in [-0.1, -0.05) is 12.1 Å². The number of aromatic nitrogens is 1. The topological polar surface area (TPSA) is 50.9 Å². The van der Waals surface area contributed by atoms with Gasteiger partial charge in [0, 0.05) is 29.9 Å². The standard InChI is InChI=1S/C13H17N3S/c1-9-11(4-3-5-13(9)14)6-15-7-12-8-16-10(2)17-12/h3-5,8,15H,6-7,14H2,1-2H3. The number of benzene rings is 1. The average molecular weight is 247 g/mol. The number of nitrogens with zero attached hydrogens (tertiary/aromatic N) is 1. The smallest absolute Gasteiger partial charge is 0.0897 e. The van der Waals surface area contributed by atoms with Gasteiger partial charge in [-0.2, -0.15) is 0 Å². The SMILES string of the molecule is Cc1ncc(CNCc2cccc(N)c2C)s1. The van der Waals surface area contributed by atoms with Gasteiger partial charge in [0.1, 0.15) is 0 Å². The number of aryl methyl sites for hydroxylation is 1. The predicted octanol–water partition coefficient (Wildman–Crippen LogP) is 2.63. The van der Waals surface area contributed by atoms with Crippen molar-refractivity contribution >= 4 is 17.0 Å². The second-order valence-electron chi connectivity index (χ2n) is 4.08. The molecule has 0 fully saturated rings. The molecule has 0 saturated carbocycles. The monoisotopic (exact) mass is 247 g/mol. The summed E-state index contributed by atoms with van der Waals surface area (Å²) in [6.07, 6.45) is 1.93. The molecule has 0 aliphatic heterocycles. The molecule has 0 radical (unpaired) electrons. The van der Waals surface area contributed by atoms with Crippen LogP contribution in [-0.4, -0.2) is 4.98 Å². The van der Waals surface area contributed by atoms with Crippen molar-refractivity contribution in [3.63, 3.8) is 0 Å².